The molecule has 2 saturated heterocycles. The maximum Gasteiger partial charge on any atom is 0.247 e. The van der Waals surface area contributed by atoms with Crippen LogP contribution in [0.4, 0.5) is 0 Å². The number of fused-ring (bicyclic) bond motifs is 2. The third-order valence-electron chi connectivity index (χ3n) is 4.21. The van der Waals surface area contributed by atoms with Crippen LogP contribution in [0.3, 0.4) is 0 Å². The highest BCUT2D eigenvalue weighted by Crippen LogP contribution is 2.39. The number of thiophene rings is 1. The van der Waals surface area contributed by atoms with E-state index in [0.717, 1.165) is 10.1 Å². The van der Waals surface area contributed by atoms with E-state index in [0.29, 0.717) is 12.1 Å². The molecule has 3 heterocycles. The molecule has 0 N–H and O–H groups in total. The maximum absolute atomic E-state index is 12.4. The van der Waals surface area contributed by atoms with Crippen molar-refractivity contribution in [3.63, 3.8) is 0 Å². The third-order valence-corrected chi connectivity index (χ3v) is 6.10. The summed E-state index contributed by atoms with van der Waals surface area (Å²) in [5.41, 5.74) is 0. The van der Waals surface area contributed by atoms with Gasteiger partial charge in [0.25, 0.3) is 0 Å². The van der Waals surface area contributed by atoms with Crippen molar-refractivity contribution in [2.45, 2.75) is 43.0 Å². The second-order valence-electron chi connectivity index (χ2n) is 5.31. The Hall–Kier alpha value is -0.740. The average Bonchev–Trinajstić information content (AvgIpc) is 3.02. The zero-order valence-corrected chi connectivity index (χ0v) is 12.8. The lowest BCUT2D eigenvalue weighted by molar-refractivity contribution is -0.129. The van der Waals surface area contributed by atoms with Gasteiger partial charge < -0.3 is 4.90 Å². The summed E-state index contributed by atoms with van der Waals surface area (Å²) in [5, 5.41) is 2.79. The van der Waals surface area contributed by atoms with Crippen molar-refractivity contribution in [2.24, 2.45) is 0 Å². The first-order valence-corrected chi connectivity index (χ1v) is 9.01. The summed E-state index contributed by atoms with van der Waals surface area (Å²) < 4.78 is 0. The molecule has 1 amide bonds. The van der Waals surface area contributed by atoms with E-state index in [4.69, 9.17) is 0 Å². The Bertz CT molecular complexity index is 454. The summed E-state index contributed by atoms with van der Waals surface area (Å²) in [6, 6.07) is 5.03. The summed E-state index contributed by atoms with van der Waals surface area (Å²) in [6.45, 7) is 0. The van der Waals surface area contributed by atoms with Gasteiger partial charge in [-0.2, -0.15) is 11.8 Å². The Morgan fingerprint density at radius 3 is 2.74 bits per heavy atom. The summed E-state index contributed by atoms with van der Waals surface area (Å²) in [5.74, 6) is 0.209. The number of hydrogen-bond acceptors (Lipinski definition) is 3. The maximum atomic E-state index is 12.4. The number of thioether (sulfide) groups is 1. The zero-order chi connectivity index (χ0) is 13.2. The van der Waals surface area contributed by atoms with E-state index < -0.39 is 0 Å². The normalized spacial score (nSPS) is 30.2. The lowest BCUT2D eigenvalue weighted by Gasteiger charge is -2.37. The number of rotatable bonds is 3. The molecule has 19 heavy (non-hydrogen) atoms. The minimum atomic E-state index is 0.209. The average molecular weight is 293 g/mol. The van der Waals surface area contributed by atoms with Crippen LogP contribution in [-0.2, 0) is 4.79 Å². The molecule has 2 atom stereocenters. The molecular weight excluding hydrogens is 274 g/mol. The number of nitrogens with zero attached hydrogens (tertiary/aromatic N) is 1. The summed E-state index contributed by atoms with van der Waals surface area (Å²) >= 11 is 3.64. The van der Waals surface area contributed by atoms with Crippen molar-refractivity contribution in [3.8, 4) is 0 Å². The summed E-state index contributed by atoms with van der Waals surface area (Å²) in [7, 11) is 0. The molecule has 1 aromatic rings. The number of hydrogen-bond donors (Lipinski definition) is 0. The molecule has 2 aliphatic heterocycles. The third kappa shape index (κ3) is 2.75. The minimum Gasteiger partial charge on any atom is -0.333 e. The molecule has 2 fully saturated rings. The second-order valence-corrected chi connectivity index (χ2v) is 7.43. The van der Waals surface area contributed by atoms with Gasteiger partial charge in [0.05, 0.1) is 0 Å². The lowest BCUT2D eigenvalue weighted by Crippen LogP contribution is -2.46. The molecule has 0 radical (unpaired) electrons. The van der Waals surface area contributed by atoms with Gasteiger partial charge >= 0.3 is 0 Å². The number of amides is 1. The van der Waals surface area contributed by atoms with E-state index in [2.05, 4.69) is 11.2 Å². The molecule has 1 aromatic heterocycles. The van der Waals surface area contributed by atoms with Gasteiger partial charge in [-0.3, -0.25) is 4.79 Å². The largest absolute Gasteiger partial charge is 0.333 e. The molecule has 2 nitrogen and oxygen atoms in total. The molecular formula is C15H19NOS2. The lowest BCUT2D eigenvalue weighted by atomic mass is 10.0. The van der Waals surface area contributed by atoms with Crippen molar-refractivity contribution in [1.29, 1.82) is 0 Å². The molecule has 2 unspecified atom stereocenters. The fourth-order valence-corrected chi connectivity index (χ4v) is 4.75. The van der Waals surface area contributed by atoms with Crippen molar-refractivity contribution >= 4 is 35.1 Å². The monoisotopic (exact) mass is 293 g/mol. The smallest absolute Gasteiger partial charge is 0.247 e. The van der Waals surface area contributed by atoms with Crippen LogP contribution in [-0.4, -0.2) is 34.4 Å². The summed E-state index contributed by atoms with van der Waals surface area (Å²) in [6.07, 6.45) is 10.6. The summed E-state index contributed by atoms with van der Waals surface area (Å²) in [4.78, 5) is 15.7. The standard InChI is InChI=1S/C15H19NOS2/c1-18-14-9-11-4-5-12(10-14)16(11)15(17)7-6-13-3-2-8-19-13/h2-3,6-8,11-12,14H,4-5,9-10H2,1H3. The van der Waals surface area contributed by atoms with Crippen molar-refractivity contribution in [1.82, 2.24) is 4.90 Å². The van der Waals surface area contributed by atoms with Gasteiger partial charge in [-0.05, 0) is 49.5 Å². The van der Waals surface area contributed by atoms with Crippen LogP contribution < -0.4 is 0 Å². The molecule has 0 aliphatic carbocycles. The number of carbonyl (C=O) groups excluding carboxylic acids is 1. The zero-order valence-electron chi connectivity index (χ0n) is 11.1. The van der Waals surface area contributed by atoms with Crippen LogP contribution in [0.5, 0.6) is 0 Å². The molecule has 3 rings (SSSR count). The van der Waals surface area contributed by atoms with E-state index in [9.17, 15) is 4.79 Å². The fraction of sp³-hybridized carbons (Fsp3) is 0.533. The predicted octanol–water partition coefficient (Wildman–Crippen LogP) is 3.65. The van der Waals surface area contributed by atoms with Gasteiger partial charge in [-0.25, -0.2) is 0 Å². The molecule has 4 heteroatoms. The quantitative estimate of drug-likeness (QED) is 0.793. The number of carbonyl (C=O) groups is 1. The first kappa shape index (κ1) is 13.3. The van der Waals surface area contributed by atoms with Crippen LogP contribution in [0.2, 0.25) is 0 Å². The number of piperidine rings is 1. The van der Waals surface area contributed by atoms with E-state index >= 15 is 0 Å². The molecule has 2 bridgehead atoms. The van der Waals surface area contributed by atoms with Crippen LogP contribution in [0.25, 0.3) is 6.08 Å². The van der Waals surface area contributed by atoms with Crippen molar-refractivity contribution < 1.29 is 4.79 Å². The minimum absolute atomic E-state index is 0.209. The Morgan fingerprint density at radius 1 is 1.42 bits per heavy atom. The Morgan fingerprint density at radius 2 is 2.16 bits per heavy atom. The van der Waals surface area contributed by atoms with Crippen molar-refractivity contribution in [2.75, 3.05) is 6.26 Å². The van der Waals surface area contributed by atoms with Crippen LogP contribution in [0, 0.1) is 0 Å². The van der Waals surface area contributed by atoms with Gasteiger partial charge in [0, 0.05) is 28.3 Å². The molecule has 0 spiro atoms. The van der Waals surface area contributed by atoms with E-state index in [1.807, 2.05) is 35.4 Å². The van der Waals surface area contributed by atoms with Gasteiger partial charge in [-0.15, -0.1) is 11.3 Å². The Kier molecular flexibility index (Phi) is 3.99. The highest BCUT2D eigenvalue weighted by atomic mass is 32.2. The van der Waals surface area contributed by atoms with Gasteiger partial charge in [-0.1, -0.05) is 6.07 Å². The SMILES string of the molecule is CSC1CC2CCC(C1)N2C(=O)C=Cc1cccs1. The first-order chi connectivity index (χ1) is 9.28. The highest BCUT2D eigenvalue weighted by molar-refractivity contribution is 7.99. The molecule has 102 valence electrons. The van der Waals surface area contributed by atoms with Gasteiger partial charge in [0.2, 0.25) is 5.91 Å². The fourth-order valence-electron chi connectivity index (χ4n) is 3.30. The van der Waals surface area contributed by atoms with Crippen LogP contribution >= 0.6 is 23.1 Å². The molecule has 2 aliphatic rings. The van der Waals surface area contributed by atoms with Gasteiger partial charge in [0.15, 0.2) is 0 Å². The van der Waals surface area contributed by atoms with Crippen molar-refractivity contribution in [3.05, 3.63) is 28.5 Å². The van der Waals surface area contributed by atoms with E-state index in [1.165, 1.54) is 25.7 Å². The van der Waals surface area contributed by atoms with Crippen LogP contribution in [0.15, 0.2) is 23.6 Å². The highest BCUT2D eigenvalue weighted by Gasteiger charge is 2.42. The second kappa shape index (κ2) is 5.71. The molecule has 0 saturated carbocycles. The Balaban J connectivity index is 1.68. The molecule has 0 aromatic carbocycles. The predicted molar refractivity (Wildman–Crippen MR) is 83.5 cm³/mol. The first-order valence-electron chi connectivity index (χ1n) is 6.84. The van der Waals surface area contributed by atoms with Gasteiger partial charge in [0.1, 0.15) is 0 Å². The van der Waals surface area contributed by atoms with E-state index in [1.54, 1.807) is 17.4 Å². The topological polar surface area (TPSA) is 20.3 Å². The Labute approximate surface area is 122 Å². The van der Waals surface area contributed by atoms with E-state index in [-0.39, 0.29) is 5.91 Å². The van der Waals surface area contributed by atoms with Crippen LogP contribution in [0.1, 0.15) is 30.6 Å².